The Labute approximate surface area is 213 Å². The molecule has 11 heteroatoms. The molecule has 1 amide bonds. The first-order chi connectivity index (χ1) is 17.5. The minimum Gasteiger partial charge on any atom is -0.481 e. The lowest BCUT2D eigenvalue weighted by atomic mass is 9.80. The van der Waals surface area contributed by atoms with Crippen molar-refractivity contribution in [2.45, 2.75) is 64.2 Å². The number of nitrogens with zero attached hydrogens (tertiary/aromatic N) is 3. The van der Waals surface area contributed by atoms with Gasteiger partial charge in [0.15, 0.2) is 5.01 Å². The van der Waals surface area contributed by atoms with E-state index in [9.17, 15) is 27.9 Å². The number of halogens is 4. The number of hydrogen-bond acceptors (Lipinski definition) is 4. The van der Waals surface area contributed by atoms with Gasteiger partial charge >= 0.3 is 12.1 Å². The van der Waals surface area contributed by atoms with Crippen LogP contribution in [-0.2, 0) is 35.3 Å². The van der Waals surface area contributed by atoms with Crippen LogP contribution in [0.25, 0.3) is 10.9 Å². The number of carboxylic acids is 1. The molecule has 0 unspecified atom stereocenters. The maximum absolute atomic E-state index is 15.0. The molecule has 3 heterocycles. The molecule has 0 saturated heterocycles. The lowest BCUT2D eigenvalue weighted by Gasteiger charge is -2.33. The van der Waals surface area contributed by atoms with Crippen molar-refractivity contribution in [3.05, 3.63) is 51.4 Å². The second-order valence-electron chi connectivity index (χ2n) is 10.8. The molecule has 0 radical (unpaired) electrons. The Bertz CT molecular complexity index is 1420. The highest BCUT2D eigenvalue weighted by Gasteiger charge is 2.58. The van der Waals surface area contributed by atoms with E-state index < -0.39 is 28.4 Å². The number of rotatable bonds is 5. The molecule has 3 aliphatic rings. The third kappa shape index (κ3) is 3.93. The van der Waals surface area contributed by atoms with E-state index in [0.29, 0.717) is 59.3 Å². The van der Waals surface area contributed by atoms with Crippen molar-refractivity contribution in [3.63, 3.8) is 0 Å². The molecule has 3 aromatic rings. The molecule has 37 heavy (non-hydrogen) atoms. The standard InChI is InChI=1S/C26H25F4N3O3S/c27-18-3-1-2-17-16-4-9-32(20(34)10-24-5-7-25(14-24,8-6-24)23(35)36)13-19(16)33(21(17)18)12-15-11-31-22(37-15)26(28,29)30/h1-3,11H,4-10,12-14H2,(H,35,36). The van der Waals surface area contributed by atoms with Gasteiger partial charge in [0.2, 0.25) is 5.91 Å². The first-order valence-electron chi connectivity index (χ1n) is 12.3. The Kier molecular flexibility index (Phi) is 5.46. The van der Waals surface area contributed by atoms with Gasteiger partial charge in [0, 0.05) is 35.1 Å². The topological polar surface area (TPSA) is 75.4 Å². The first kappa shape index (κ1) is 24.4. The van der Waals surface area contributed by atoms with Crippen LogP contribution in [0.15, 0.2) is 24.4 Å². The molecule has 2 aliphatic carbocycles. The van der Waals surface area contributed by atoms with Crippen molar-refractivity contribution < 1.29 is 32.3 Å². The van der Waals surface area contributed by atoms with Crippen LogP contribution in [0.5, 0.6) is 0 Å². The van der Waals surface area contributed by atoms with Crippen LogP contribution in [0.3, 0.4) is 0 Å². The number of alkyl halides is 3. The van der Waals surface area contributed by atoms with E-state index in [1.165, 1.54) is 12.3 Å². The van der Waals surface area contributed by atoms with Crippen molar-refractivity contribution >= 4 is 34.1 Å². The SMILES string of the molecule is O=C(CC12CCC(C(=O)O)(CC1)C2)N1CCc2c(n(Cc3cnc(C(F)(F)F)s3)c3c(F)cccc23)C1. The lowest BCUT2D eigenvalue weighted by Crippen LogP contribution is -2.39. The second-order valence-corrected chi connectivity index (χ2v) is 11.9. The van der Waals surface area contributed by atoms with Gasteiger partial charge in [-0.2, -0.15) is 13.2 Å². The predicted molar refractivity (Wildman–Crippen MR) is 127 cm³/mol. The maximum Gasteiger partial charge on any atom is 0.443 e. The Morgan fingerprint density at radius 1 is 1.16 bits per heavy atom. The van der Waals surface area contributed by atoms with Crippen LogP contribution in [0.1, 0.15) is 59.7 Å². The summed E-state index contributed by atoms with van der Waals surface area (Å²) in [5.74, 6) is -1.29. The summed E-state index contributed by atoms with van der Waals surface area (Å²) >= 11 is 0.533. The summed E-state index contributed by atoms with van der Waals surface area (Å²) < 4.78 is 56.0. The quantitative estimate of drug-likeness (QED) is 0.431. The minimum absolute atomic E-state index is 0.0214. The Morgan fingerprint density at radius 3 is 2.57 bits per heavy atom. The number of carboxylic acid groups (broad SMARTS) is 1. The van der Waals surface area contributed by atoms with Gasteiger partial charge in [0.05, 0.1) is 24.0 Å². The van der Waals surface area contributed by atoms with Crippen molar-refractivity contribution in [2.75, 3.05) is 6.54 Å². The zero-order chi connectivity index (χ0) is 26.2. The van der Waals surface area contributed by atoms with Crippen LogP contribution in [0.2, 0.25) is 0 Å². The summed E-state index contributed by atoms with van der Waals surface area (Å²) in [6.07, 6.45) is 0.597. The average molecular weight is 536 g/mol. The zero-order valence-electron chi connectivity index (χ0n) is 19.9. The normalized spacial score (nSPS) is 25.1. The summed E-state index contributed by atoms with van der Waals surface area (Å²) in [6, 6.07) is 4.75. The summed E-state index contributed by atoms with van der Waals surface area (Å²) in [5.41, 5.74) is 0.954. The van der Waals surface area contributed by atoms with Gasteiger partial charge in [-0.25, -0.2) is 9.37 Å². The zero-order valence-corrected chi connectivity index (χ0v) is 20.7. The monoisotopic (exact) mass is 535 g/mol. The molecule has 1 aliphatic heterocycles. The lowest BCUT2D eigenvalue weighted by molar-refractivity contribution is -0.148. The minimum atomic E-state index is -4.55. The van der Waals surface area contributed by atoms with Crippen LogP contribution < -0.4 is 0 Å². The molecular formula is C26H25F4N3O3S. The summed E-state index contributed by atoms with van der Waals surface area (Å²) in [4.78, 5) is 30.8. The van der Waals surface area contributed by atoms with Gasteiger partial charge in [0.25, 0.3) is 0 Å². The molecule has 6 nitrogen and oxygen atoms in total. The van der Waals surface area contributed by atoms with E-state index in [1.807, 2.05) is 0 Å². The van der Waals surface area contributed by atoms with Gasteiger partial charge in [-0.3, -0.25) is 9.59 Å². The van der Waals surface area contributed by atoms with E-state index >= 15 is 4.39 Å². The molecule has 1 N–H and O–H groups in total. The first-order valence-corrected chi connectivity index (χ1v) is 13.1. The Balaban J connectivity index is 1.29. The van der Waals surface area contributed by atoms with Gasteiger partial charge < -0.3 is 14.6 Å². The number of thiazole rings is 1. The smallest absolute Gasteiger partial charge is 0.443 e. The largest absolute Gasteiger partial charge is 0.481 e. The molecule has 2 saturated carbocycles. The number of para-hydroxylation sites is 1. The summed E-state index contributed by atoms with van der Waals surface area (Å²) in [6.45, 7) is 0.710. The number of aromatic nitrogens is 2. The van der Waals surface area contributed by atoms with Gasteiger partial charge in [0.1, 0.15) is 5.82 Å². The fraction of sp³-hybridized carbons (Fsp3) is 0.500. The predicted octanol–water partition coefficient (Wildman–Crippen LogP) is 5.61. The highest BCUT2D eigenvalue weighted by atomic mass is 32.1. The summed E-state index contributed by atoms with van der Waals surface area (Å²) in [5, 5.41) is 9.45. The van der Waals surface area contributed by atoms with Crippen molar-refractivity contribution in [3.8, 4) is 0 Å². The number of amides is 1. The molecule has 2 aromatic heterocycles. The Hall–Kier alpha value is -2.95. The van der Waals surface area contributed by atoms with E-state index in [2.05, 4.69) is 4.98 Å². The molecule has 2 bridgehead atoms. The van der Waals surface area contributed by atoms with Crippen molar-refractivity contribution in [1.29, 1.82) is 0 Å². The third-order valence-corrected chi connectivity index (χ3v) is 9.68. The Morgan fingerprint density at radius 2 is 1.92 bits per heavy atom. The van der Waals surface area contributed by atoms with Crippen LogP contribution in [-0.4, -0.2) is 38.0 Å². The third-order valence-electron chi connectivity index (χ3n) is 8.65. The van der Waals surface area contributed by atoms with Crippen molar-refractivity contribution in [2.24, 2.45) is 10.8 Å². The molecule has 2 fully saturated rings. The number of fused-ring (bicyclic) bond motifs is 5. The average Bonchev–Trinajstić information content (AvgIpc) is 3.61. The van der Waals surface area contributed by atoms with E-state index in [-0.39, 0.29) is 30.8 Å². The van der Waals surface area contributed by atoms with Gasteiger partial charge in [-0.15, -0.1) is 11.3 Å². The van der Waals surface area contributed by atoms with Crippen molar-refractivity contribution in [1.82, 2.24) is 14.5 Å². The molecule has 0 atom stereocenters. The highest BCUT2D eigenvalue weighted by molar-refractivity contribution is 7.11. The number of hydrogen-bond donors (Lipinski definition) is 1. The van der Waals surface area contributed by atoms with Gasteiger partial charge in [-0.1, -0.05) is 12.1 Å². The van der Waals surface area contributed by atoms with E-state index in [1.54, 1.807) is 21.6 Å². The maximum atomic E-state index is 15.0. The summed E-state index contributed by atoms with van der Waals surface area (Å²) in [7, 11) is 0. The molecule has 0 spiro atoms. The number of aliphatic carboxylic acids is 1. The van der Waals surface area contributed by atoms with Crippen LogP contribution in [0, 0.1) is 16.6 Å². The van der Waals surface area contributed by atoms with Crippen LogP contribution >= 0.6 is 11.3 Å². The van der Waals surface area contributed by atoms with E-state index in [4.69, 9.17) is 0 Å². The van der Waals surface area contributed by atoms with Crippen LogP contribution in [0.4, 0.5) is 17.6 Å². The number of carbonyl (C=O) groups excluding carboxylic acids is 1. The molecule has 6 rings (SSSR count). The second kappa shape index (κ2) is 8.28. The van der Waals surface area contributed by atoms with E-state index in [0.717, 1.165) is 24.1 Å². The molecule has 1 aromatic carbocycles. The number of carbonyl (C=O) groups is 2. The van der Waals surface area contributed by atoms with Gasteiger partial charge in [-0.05, 0) is 55.6 Å². The fourth-order valence-electron chi connectivity index (χ4n) is 6.80. The molecule has 196 valence electrons. The number of benzene rings is 1. The highest BCUT2D eigenvalue weighted by Crippen LogP contribution is 2.63. The molecular weight excluding hydrogens is 510 g/mol. The fourth-order valence-corrected chi connectivity index (χ4v) is 7.57.